The van der Waals surface area contributed by atoms with Gasteiger partial charge in [-0.3, -0.25) is 0 Å². The van der Waals surface area contributed by atoms with Crippen LogP contribution in [0.2, 0.25) is 0 Å². The molecule has 11 heavy (non-hydrogen) atoms. The van der Waals surface area contributed by atoms with Crippen LogP contribution >= 0.6 is 0 Å². The summed E-state index contributed by atoms with van der Waals surface area (Å²) in [6, 6.07) is 9.05. The molecule has 0 heterocycles. The average molecular weight is 143 g/mol. The highest BCUT2D eigenvalue weighted by Gasteiger charge is 1.85. The van der Waals surface area contributed by atoms with Crippen LogP contribution in [-0.2, 0) is 0 Å². The summed E-state index contributed by atoms with van der Waals surface area (Å²) in [7, 11) is 0. The van der Waals surface area contributed by atoms with Crippen LogP contribution < -0.4 is 0 Å². The largest absolute Gasteiger partial charge is 0.0982 e. The molecule has 0 N–H and O–H groups in total. The van der Waals surface area contributed by atoms with Crippen LogP contribution in [0.25, 0.3) is 0 Å². The summed E-state index contributed by atoms with van der Waals surface area (Å²) in [6.07, 6.45) is 0.905. The minimum atomic E-state index is 0.905. The highest BCUT2D eigenvalue weighted by molar-refractivity contribution is 5.35. The van der Waals surface area contributed by atoms with Crippen molar-refractivity contribution in [3.8, 4) is 11.8 Å². The molecule has 0 spiro atoms. The van der Waals surface area contributed by atoms with Crippen LogP contribution in [0.15, 0.2) is 18.2 Å². The van der Waals surface area contributed by atoms with Crippen molar-refractivity contribution >= 4 is 0 Å². The maximum atomic E-state index is 3.07. The number of aryl methyl sites for hydroxylation is 1. The fourth-order valence-corrected chi connectivity index (χ4v) is 0.836. The fraction of sp³-hybridized carbons (Fsp3) is 0.273. The molecular weight excluding hydrogens is 132 g/mol. The van der Waals surface area contributed by atoms with E-state index in [9.17, 15) is 0 Å². The Morgan fingerprint density at radius 2 is 2.36 bits per heavy atom. The van der Waals surface area contributed by atoms with Crippen LogP contribution in [0.1, 0.15) is 24.5 Å². The lowest BCUT2D eigenvalue weighted by molar-refractivity contribution is 1.28. The maximum absolute atomic E-state index is 3.07. The van der Waals surface area contributed by atoms with Gasteiger partial charge in [0.05, 0.1) is 0 Å². The van der Waals surface area contributed by atoms with E-state index in [4.69, 9.17) is 0 Å². The lowest BCUT2D eigenvalue weighted by Gasteiger charge is -1.90. The second-order valence-electron chi connectivity index (χ2n) is 2.44. The van der Waals surface area contributed by atoms with Gasteiger partial charge in [-0.2, -0.15) is 0 Å². The Morgan fingerprint density at radius 1 is 1.55 bits per heavy atom. The van der Waals surface area contributed by atoms with E-state index in [0.29, 0.717) is 0 Å². The van der Waals surface area contributed by atoms with Crippen molar-refractivity contribution in [3.63, 3.8) is 0 Å². The summed E-state index contributed by atoms with van der Waals surface area (Å²) in [5, 5.41) is 0. The van der Waals surface area contributed by atoms with Crippen molar-refractivity contribution in [2.75, 3.05) is 0 Å². The molecule has 0 aliphatic carbocycles. The minimum absolute atomic E-state index is 0.905. The molecule has 0 nitrogen and oxygen atoms in total. The molecule has 0 saturated carbocycles. The van der Waals surface area contributed by atoms with E-state index in [1.165, 1.54) is 5.56 Å². The number of hydrogen-bond donors (Lipinski definition) is 0. The summed E-state index contributed by atoms with van der Waals surface area (Å²) >= 11 is 0. The van der Waals surface area contributed by atoms with Crippen LogP contribution in [0.4, 0.5) is 0 Å². The lowest BCUT2D eigenvalue weighted by atomic mass is 10.1. The van der Waals surface area contributed by atoms with Crippen molar-refractivity contribution in [1.82, 2.24) is 0 Å². The molecule has 0 fully saturated rings. The van der Waals surface area contributed by atoms with Gasteiger partial charge in [0.1, 0.15) is 0 Å². The van der Waals surface area contributed by atoms with E-state index in [0.717, 1.165) is 12.0 Å². The second-order valence-corrected chi connectivity index (χ2v) is 2.44. The van der Waals surface area contributed by atoms with Gasteiger partial charge in [0, 0.05) is 12.0 Å². The summed E-state index contributed by atoms with van der Waals surface area (Å²) < 4.78 is 0. The lowest BCUT2D eigenvalue weighted by Crippen LogP contribution is -1.75. The third kappa shape index (κ3) is 2.47. The van der Waals surface area contributed by atoms with Gasteiger partial charge in [-0.15, -0.1) is 0 Å². The van der Waals surface area contributed by atoms with Crippen molar-refractivity contribution in [2.24, 2.45) is 0 Å². The molecular formula is C11H11. The number of hydrogen-bond acceptors (Lipinski definition) is 0. The zero-order chi connectivity index (χ0) is 8.10. The summed E-state index contributed by atoms with van der Waals surface area (Å²) in [6.45, 7) is 4.10. The smallest absolute Gasteiger partial charge is 0.0326 e. The van der Waals surface area contributed by atoms with E-state index in [1.807, 2.05) is 25.1 Å². The van der Waals surface area contributed by atoms with Crippen LogP contribution in [0.5, 0.6) is 0 Å². The number of rotatable bonds is 0. The van der Waals surface area contributed by atoms with Gasteiger partial charge >= 0.3 is 0 Å². The standard InChI is InChI=1S/C11H11/c1-3-4-7-11-8-5-6-10(2)9-11/h5-6,9H,3H2,1-2H3. The summed E-state index contributed by atoms with van der Waals surface area (Å²) in [5.41, 5.74) is 2.23. The number of benzene rings is 1. The third-order valence-corrected chi connectivity index (χ3v) is 1.36. The molecule has 1 aromatic carbocycles. The molecule has 0 aliphatic rings. The van der Waals surface area contributed by atoms with E-state index >= 15 is 0 Å². The van der Waals surface area contributed by atoms with Crippen LogP contribution in [0.3, 0.4) is 0 Å². The summed E-state index contributed by atoms with van der Waals surface area (Å²) in [5.74, 6) is 6.04. The van der Waals surface area contributed by atoms with Crippen LogP contribution in [0, 0.1) is 24.8 Å². The average Bonchev–Trinajstić information content (AvgIpc) is 2.01. The normalized spacial score (nSPS) is 8.55. The third-order valence-electron chi connectivity index (χ3n) is 1.36. The Bertz CT molecular complexity index is 286. The fourth-order valence-electron chi connectivity index (χ4n) is 0.836. The van der Waals surface area contributed by atoms with Crippen molar-refractivity contribution in [3.05, 3.63) is 35.4 Å². The molecule has 0 atom stereocenters. The van der Waals surface area contributed by atoms with E-state index < -0.39 is 0 Å². The van der Waals surface area contributed by atoms with Crippen LogP contribution in [-0.4, -0.2) is 0 Å². The van der Waals surface area contributed by atoms with Gasteiger partial charge in [0.2, 0.25) is 0 Å². The zero-order valence-corrected chi connectivity index (χ0v) is 6.94. The first kappa shape index (κ1) is 7.88. The van der Waals surface area contributed by atoms with Crippen molar-refractivity contribution < 1.29 is 0 Å². The molecule has 1 aromatic rings. The van der Waals surface area contributed by atoms with Gasteiger partial charge in [0.15, 0.2) is 0 Å². The Kier molecular flexibility index (Phi) is 2.74. The quantitative estimate of drug-likeness (QED) is 0.490. The Labute approximate surface area is 68.3 Å². The molecule has 0 aromatic heterocycles. The van der Waals surface area contributed by atoms with Gasteiger partial charge in [-0.1, -0.05) is 30.9 Å². The molecule has 0 bridgehead atoms. The molecule has 0 amide bonds. The Balaban J connectivity index is 2.87. The first-order chi connectivity index (χ1) is 5.33. The monoisotopic (exact) mass is 143 g/mol. The predicted octanol–water partition coefficient (Wildman–Crippen LogP) is 2.56. The molecule has 1 rings (SSSR count). The molecule has 0 saturated heterocycles. The highest BCUT2D eigenvalue weighted by Crippen LogP contribution is 2.00. The van der Waals surface area contributed by atoms with E-state index in [2.05, 4.69) is 24.8 Å². The Morgan fingerprint density at radius 3 is 3.00 bits per heavy atom. The van der Waals surface area contributed by atoms with Gasteiger partial charge in [-0.05, 0) is 24.6 Å². The van der Waals surface area contributed by atoms with E-state index in [-0.39, 0.29) is 0 Å². The SMILES string of the molecule is CCC#Cc1[c]ccc(C)c1. The maximum Gasteiger partial charge on any atom is 0.0326 e. The van der Waals surface area contributed by atoms with Crippen molar-refractivity contribution in [1.29, 1.82) is 0 Å². The summed E-state index contributed by atoms with van der Waals surface area (Å²) in [4.78, 5) is 0. The Hall–Kier alpha value is -1.22. The van der Waals surface area contributed by atoms with Gasteiger partial charge < -0.3 is 0 Å². The zero-order valence-electron chi connectivity index (χ0n) is 6.94. The topological polar surface area (TPSA) is 0 Å². The molecule has 1 radical (unpaired) electrons. The first-order valence-electron chi connectivity index (χ1n) is 3.80. The molecule has 0 unspecified atom stereocenters. The molecule has 55 valence electrons. The van der Waals surface area contributed by atoms with Gasteiger partial charge in [-0.25, -0.2) is 0 Å². The van der Waals surface area contributed by atoms with Crippen molar-refractivity contribution in [2.45, 2.75) is 20.3 Å². The predicted molar refractivity (Wildman–Crippen MR) is 47.2 cm³/mol. The second kappa shape index (κ2) is 3.83. The van der Waals surface area contributed by atoms with E-state index in [1.54, 1.807) is 0 Å². The van der Waals surface area contributed by atoms with Gasteiger partial charge in [0.25, 0.3) is 0 Å². The highest BCUT2D eigenvalue weighted by atomic mass is 13.9. The minimum Gasteiger partial charge on any atom is -0.0982 e. The molecule has 0 aliphatic heterocycles. The molecule has 0 heteroatoms. The first-order valence-corrected chi connectivity index (χ1v) is 3.80.